The van der Waals surface area contributed by atoms with Crippen molar-refractivity contribution in [3.63, 3.8) is 0 Å². The molecule has 0 aromatic carbocycles. The van der Waals surface area contributed by atoms with E-state index in [0.717, 1.165) is 36.0 Å². The number of rotatable bonds is 0. The number of hydrogen-bond acceptors (Lipinski definition) is 1. The molecule has 3 saturated carbocycles. The summed E-state index contributed by atoms with van der Waals surface area (Å²) in [5.41, 5.74) is 2.11. The minimum absolute atomic E-state index is 0.0818. The second-order valence-electron chi connectivity index (χ2n) is 9.48. The highest BCUT2D eigenvalue weighted by Gasteiger charge is 2.61. The first-order chi connectivity index (χ1) is 9.82. The summed E-state index contributed by atoms with van der Waals surface area (Å²) in [4.78, 5) is 0. The normalized spacial score (nSPS) is 55.0. The Hall–Kier alpha value is -0.300. The van der Waals surface area contributed by atoms with Gasteiger partial charge < -0.3 is 4.74 Å². The van der Waals surface area contributed by atoms with E-state index in [1.54, 1.807) is 0 Å². The molecule has 21 heavy (non-hydrogen) atoms. The van der Waals surface area contributed by atoms with E-state index in [9.17, 15) is 0 Å². The Bertz CT molecular complexity index is 464. The fourth-order valence-corrected chi connectivity index (χ4v) is 6.83. The molecule has 7 atom stereocenters. The quantitative estimate of drug-likeness (QED) is 0.556. The van der Waals surface area contributed by atoms with Crippen LogP contribution < -0.4 is 0 Å². The second-order valence-corrected chi connectivity index (χ2v) is 9.48. The van der Waals surface area contributed by atoms with Gasteiger partial charge in [-0.1, -0.05) is 26.0 Å². The monoisotopic (exact) mass is 288 g/mol. The van der Waals surface area contributed by atoms with Gasteiger partial charge in [0.2, 0.25) is 0 Å². The SMILES string of the molecule is C=C1CC2OC(C)(C)[C@@H]3CC[C@](C)(C[C@H]4[C@H](C)CC[C@@H]14)[C@@H]23. The smallest absolute Gasteiger partial charge is 0.0662 e. The van der Waals surface area contributed by atoms with Crippen molar-refractivity contribution in [2.24, 2.45) is 35.0 Å². The highest BCUT2D eigenvalue weighted by molar-refractivity contribution is 5.17. The fraction of sp³-hybridized carbons (Fsp3) is 0.900. The van der Waals surface area contributed by atoms with Crippen LogP contribution in [0.2, 0.25) is 0 Å². The largest absolute Gasteiger partial charge is 0.371 e. The van der Waals surface area contributed by atoms with E-state index in [4.69, 9.17) is 4.74 Å². The number of hydrogen-bond donors (Lipinski definition) is 0. The summed E-state index contributed by atoms with van der Waals surface area (Å²) in [7, 11) is 0. The average molecular weight is 288 g/mol. The zero-order valence-corrected chi connectivity index (χ0v) is 14.3. The molecule has 0 radical (unpaired) electrons. The van der Waals surface area contributed by atoms with Crippen LogP contribution >= 0.6 is 0 Å². The Kier molecular flexibility index (Phi) is 2.98. The van der Waals surface area contributed by atoms with Gasteiger partial charge in [0.05, 0.1) is 11.7 Å². The lowest BCUT2D eigenvalue weighted by atomic mass is 9.62. The molecule has 1 aliphatic heterocycles. The molecule has 1 unspecified atom stereocenters. The summed E-state index contributed by atoms with van der Waals surface area (Å²) in [5, 5.41) is 0. The molecule has 1 heterocycles. The molecule has 1 nitrogen and oxygen atoms in total. The average Bonchev–Trinajstić information content (AvgIpc) is 2.97. The molecule has 1 saturated heterocycles. The van der Waals surface area contributed by atoms with Crippen molar-refractivity contribution in [2.45, 2.75) is 77.9 Å². The van der Waals surface area contributed by atoms with Crippen molar-refractivity contribution < 1.29 is 4.74 Å². The molecule has 4 aliphatic rings. The molecule has 4 fully saturated rings. The van der Waals surface area contributed by atoms with Gasteiger partial charge in [0, 0.05) is 0 Å². The summed E-state index contributed by atoms with van der Waals surface area (Å²) in [6.45, 7) is 14.3. The Morgan fingerprint density at radius 1 is 1.14 bits per heavy atom. The third-order valence-electron chi connectivity index (χ3n) is 7.88. The Morgan fingerprint density at radius 3 is 2.67 bits per heavy atom. The molecule has 0 aromatic rings. The van der Waals surface area contributed by atoms with Crippen LogP contribution in [0.4, 0.5) is 0 Å². The van der Waals surface area contributed by atoms with Gasteiger partial charge in [0.15, 0.2) is 0 Å². The number of fused-ring (bicyclic) bond motifs is 1. The van der Waals surface area contributed by atoms with Crippen LogP contribution in [0.5, 0.6) is 0 Å². The maximum atomic E-state index is 6.57. The molecule has 4 rings (SSSR count). The Morgan fingerprint density at radius 2 is 1.90 bits per heavy atom. The molecule has 0 bridgehead atoms. The molecule has 0 N–H and O–H groups in total. The third-order valence-corrected chi connectivity index (χ3v) is 7.88. The zero-order chi connectivity index (χ0) is 15.0. The minimum Gasteiger partial charge on any atom is -0.371 e. The standard InChI is InChI=1S/C20H32O/c1-12-6-7-14-13(2)10-17-18-16(19(3,4)21-17)8-9-20(18,5)11-15(12)14/h12,14-18H,2,6-11H2,1,3-5H3/t12-,14+,15+,16-,17?,18-,20-/m1/s1. The fourth-order valence-electron chi connectivity index (χ4n) is 6.83. The van der Waals surface area contributed by atoms with Gasteiger partial charge in [-0.3, -0.25) is 0 Å². The first-order valence-corrected chi connectivity index (χ1v) is 9.17. The third kappa shape index (κ3) is 1.92. The molecular weight excluding hydrogens is 256 g/mol. The van der Waals surface area contributed by atoms with Crippen LogP contribution in [-0.2, 0) is 4.74 Å². The first-order valence-electron chi connectivity index (χ1n) is 9.17. The van der Waals surface area contributed by atoms with Crippen molar-refractivity contribution in [1.29, 1.82) is 0 Å². The lowest BCUT2D eigenvalue weighted by Gasteiger charge is -2.42. The van der Waals surface area contributed by atoms with Crippen LogP contribution in [0.3, 0.4) is 0 Å². The highest BCUT2D eigenvalue weighted by atomic mass is 16.5. The van der Waals surface area contributed by atoms with Gasteiger partial charge >= 0.3 is 0 Å². The van der Waals surface area contributed by atoms with E-state index >= 15 is 0 Å². The molecule has 118 valence electrons. The van der Waals surface area contributed by atoms with Crippen molar-refractivity contribution in [3.8, 4) is 0 Å². The molecule has 3 aliphatic carbocycles. The van der Waals surface area contributed by atoms with Gasteiger partial charge in [-0.15, -0.1) is 0 Å². The Labute approximate surface area is 130 Å². The molecule has 0 amide bonds. The van der Waals surface area contributed by atoms with Gasteiger partial charge in [-0.2, -0.15) is 0 Å². The topological polar surface area (TPSA) is 9.23 Å². The summed E-state index contributed by atoms with van der Waals surface area (Å²) >= 11 is 0. The number of ether oxygens (including phenoxy) is 1. The lowest BCUT2D eigenvalue weighted by Crippen LogP contribution is -2.38. The molecule has 0 spiro atoms. The highest BCUT2D eigenvalue weighted by Crippen LogP contribution is 2.64. The minimum atomic E-state index is 0.0818. The van der Waals surface area contributed by atoms with Crippen LogP contribution in [-0.4, -0.2) is 11.7 Å². The zero-order valence-electron chi connectivity index (χ0n) is 14.3. The Balaban J connectivity index is 1.73. The van der Waals surface area contributed by atoms with Gasteiger partial charge in [-0.05, 0) is 87.4 Å². The van der Waals surface area contributed by atoms with E-state index in [2.05, 4.69) is 34.3 Å². The van der Waals surface area contributed by atoms with E-state index in [-0.39, 0.29) is 5.60 Å². The van der Waals surface area contributed by atoms with Crippen molar-refractivity contribution in [1.82, 2.24) is 0 Å². The van der Waals surface area contributed by atoms with Crippen LogP contribution in [0.1, 0.15) is 66.2 Å². The maximum absolute atomic E-state index is 6.57. The van der Waals surface area contributed by atoms with Gasteiger partial charge in [0.1, 0.15) is 0 Å². The predicted molar refractivity (Wildman–Crippen MR) is 87.0 cm³/mol. The molecular formula is C20H32O. The van der Waals surface area contributed by atoms with Gasteiger partial charge in [0.25, 0.3) is 0 Å². The summed E-state index contributed by atoms with van der Waals surface area (Å²) in [5.74, 6) is 4.12. The molecule has 0 aromatic heterocycles. The van der Waals surface area contributed by atoms with Crippen molar-refractivity contribution in [2.75, 3.05) is 0 Å². The van der Waals surface area contributed by atoms with Crippen molar-refractivity contribution >= 4 is 0 Å². The maximum Gasteiger partial charge on any atom is 0.0662 e. The van der Waals surface area contributed by atoms with Crippen LogP contribution in [0, 0.1) is 35.0 Å². The summed E-state index contributed by atoms with van der Waals surface area (Å²) < 4.78 is 6.57. The van der Waals surface area contributed by atoms with Crippen molar-refractivity contribution in [3.05, 3.63) is 12.2 Å². The first kappa shape index (κ1) is 14.3. The summed E-state index contributed by atoms with van der Waals surface area (Å²) in [6, 6.07) is 0. The van der Waals surface area contributed by atoms with Gasteiger partial charge in [-0.25, -0.2) is 0 Å². The van der Waals surface area contributed by atoms with E-state index in [1.807, 2.05) is 0 Å². The lowest BCUT2D eigenvalue weighted by molar-refractivity contribution is -0.0513. The summed E-state index contributed by atoms with van der Waals surface area (Å²) in [6.07, 6.45) is 8.60. The van der Waals surface area contributed by atoms with Crippen LogP contribution in [0.25, 0.3) is 0 Å². The molecule has 1 heteroatoms. The van der Waals surface area contributed by atoms with E-state index in [0.29, 0.717) is 11.5 Å². The van der Waals surface area contributed by atoms with Crippen LogP contribution in [0.15, 0.2) is 12.2 Å². The second kappa shape index (κ2) is 4.37. The predicted octanol–water partition coefficient (Wildman–Crippen LogP) is 5.21. The van der Waals surface area contributed by atoms with E-state index in [1.165, 1.54) is 37.7 Å². The van der Waals surface area contributed by atoms with E-state index < -0.39 is 0 Å².